The summed E-state index contributed by atoms with van der Waals surface area (Å²) in [4.78, 5) is 53.1. The first kappa shape index (κ1) is 34.9. The number of rotatable bonds is 6. The van der Waals surface area contributed by atoms with Crippen LogP contribution in [0.3, 0.4) is 0 Å². The maximum atomic E-state index is 13.9. The molecule has 4 saturated heterocycles. The maximum absolute atomic E-state index is 13.9. The van der Waals surface area contributed by atoms with Crippen LogP contribution in [0, 0.1) is 28.6 Å². The predicted octanol–water partition coefficient (Wildman–Crippen LogP) is -0.0606. The van der Waals surface area contributed by atoms with E-state index in [9.17, 15) is 34.5 Å². The molecule has 0 amide bonds. The summed E-state index contributed by atoms with van der Waals surface area (Å²) in [6.07, 6.45) is -2.95. The summed E-state index contributed by atoms with van der Waals surface area (Å²) in [6.45, 7) is 8.14. The lowest BCUT2D eigenvalue weighted by molar-refractivity contribution is -0.320. The number of carbonyl (C=O) groups excluding carboxylic acids is 4. The molecule has 16 nitrogen and oxygen atoms in total. The van der Waals surface area contributed by atoms with Crippen LogP contribution in [0.5, 0.6) is 0 Å². The van der Waals surface area contributed by atoms with Crippen molar-refractivity contribution in [3.63, 3.8) is 0 Å². The van der Waals surface area contributed by atoms with Gasteiger partial charge in [0.15, 0.2) is 11.2 Å². The van der Waals surface area contributed by atoms with Crippen molar-refractivity contribution in [2.45, 2.75) is 119 Å². The molecule has 0 aromatic carbocycles. The standard InChI is InChI=1S/C35H44O16/c1-8-15(2)25(39)48-19-12-20(47-16(3)36)33(50-17(4)37)14-45-22-23(33)31(19)13-46-34(42,27(40)43-7)26(31)29(5,24(22)38)35-21-11-18(30(35,6)51-35)32(41)9-10-44-28(32)49-21/h8-10,18-24,26,28,38,41-42H,11-14H2,1-7H3. The summed E-state index contributed by atoms with van der Waals surface area (Å²) < 4.78 is 54.7. The average Bonchev–Trinajstić information content (AvgIpc) is 3.42. The highest BCUT2D eigenvalue weighted by atomic mass is 16.7. The second-order valence-corrected chi connectivity index (χ2v) is 15.8. The summed E-state index contributed by atoms with van der Waals surface area (Å²) in [5.74, 6) is -9.57. The van der Waals surface area contributed by atoms with E-state index >= 15 is 0 Å². The summed E-state index contributed by atoms with van der Waals surface area (Å²) in [6, 6.07) is 0. The van der Waals surface area contributed by atoms with Gasteiger partial charge >= 0.3 is 23.9 Å². The molecule has 1 spiro atoms. The summed E-state index contributed by atoms with van der Waals surface area (Å²) in [5.41, 5.74) is -9.37. The zero-order valence-corrected chi connectivity index (χ0v) is 29.4. The van der Waals surface area contributed by atoms with Crippen LogP contribution in [-0.4, -0.2) is 125 Å². The van der Waals surface area contributed by atoms with E-state index < -0.39 is 124 Å². The molecule has 2 bridgehead atoms. The van der Waals surface area contributed by atoms with Gasteiger partial charge < -0.3 is 58.0 Å². The predicted molar refractivity (Wildman–Crippen MR) is 164 cm³/mol. The van der Waals surface area contributed by atoms with Crippen molar-refractivity contribution in [1.29, 1.82) is 0 Å². The second-order valence-electron chi connectivity index (χ2n) is 15.8. The Balaban J connectivity index is 1.39. The SMILES string of the molecule is CC=C(C)C(=O)OC1CC(OC(C)=O)C2(OC(C)=O)COC3C2C12COC(O)(C(=O)OC)C2C(C)(C12OC1(C)C1CC2OC2OC=CC21O)C3O. The molecule has 0 aromatic heterocycles. The van der Waals surface area contributed by atoms with Crippen LogP contribution in [0.1, 0.15) is 54.4 Å². The molecule has 8 rings (SSSR count). The lowest BCUT2D eigenvalue weighted by Crippen LogP contribution is -2.80. The van der Waals surface area contributed by atoms with Crippen molar-refractivity contribution >= 4 is 23.9 Å². The van der Waals surface area contributed by atoms with Crippen LogP contribution in [0.2, 0.25) is 0 Å². The van der Waals surface area contributed by atoms with Crippen LogP contribution in [0.25, 0.3) is 0 Å². The van der Waals surface area contributed by atoms with Crippen molar-refractivity contribution in [3.05, 3.63) is 24.0 Å². The summed E-state index contributed by atoms with van der Waals surface area (Å²) in [5, 5.41) is 37.4. The molecule has 16 unspecified atom stereocenters. The minimum atomic E-state index is -2.81. The lowest BCUT2D eigenvalue weighted by Gasteiger charge is -2.65. The first-order chi connectivity index (χ1) is 23.9. The van der Waals surface area contributed by atoms with Crippen molar-refractivity contribution in [3.8, 4) is 0 Å². The maximum Gasteiger partial charge on any atom is 0.366 e. The molecular formula is C35H44O16. The highest BCUT2D eigenvalue weighted by Crippen LogP contribution is 2.82. The zero-order chi connectivity index (χ0) is 36.9. The highest BCUT2D eigenvalue weighted by molar-refractivity contribution is 5.88. The number of hydrogen-bond acceptors (Lipinski definition) is 16. The molecule has 280 valence electrons. The van der Waals surface area contributed by atoms with Gasteiger partial charge in [0.2, 0.25) is 6.29 Å². The number of hydrogen-bond donors (Lipinski definition) is 3. The van der Waals surface area contributed by atoms with Gasteiger partial charge in [0, 0.05) is 54.4 Å². The van der Waals surface area contributed by atoms with Gasteiger partial charge in [0.1, 0.15) is 23.4 Å². The van der Waals surface area contributed by atoms with Crippen molar-refractivity contribution in [2.75, 3.05) is 20.3 Å². The Labute approximate surface area is 293 Å². The fourth-order valence-corrected chi connectivity index (χ4v) is 12.0. The van der Waals surface area contributed by atoms with Crippen molar-refractivity contribution in [1.82, 2.24) is 0 Å². The smallest absolute Gasteiger partial charge is 0.366 e. The van der Waals surface area contributed by atoms with Crippen LogP contribution >= 0.6 is 0 Å². The Morgan fingerprint density at radius 2 is 1.71 bits per heavy atom. The molecule has 5 aliphatic heterocycles. The molecule has 16 heteroatoms. The van der Waals surface area contributed by atoms with E-state index in [0.29, 0.717) is 0 Å². The van der Waals surface area contributed by atoms with E-state index in [1.54, 1.807) is 33.8 Å². The summed E-state index contributed by atoms with van der Waals surface area (Å²) in [7, 11) is 1.07. The second kappa shape index (κ2) is 10.5. The topological polar surface area (TPSA) is 215 Å². The minimum absolute atomic E-state index is 0.242. The van der Waals surface area contributed by atoms with Crippen LogP contribution in [0.15, 0.2) is 24.0 Å². The Hall–Kier alpha value is -3.12. The first-order valence-corrected chi connectivity index (χ1v) is 17.2. The number of carbonyl (C=O) groups is 4. The van der Waals surface area contributed by atoms with Crippen LogP contribution in [-0.2, 0) is 61.8 Å². The van der Waals surface area contributed by atoms with Crippen LogP contribution < -0.4 is 0 Å². The molecule has 3 aliphatic carbocycles. The normalized spacial score (nSPS) is 53.9. The number of aliphatic hydroxyl groups is 3. The number of aliphatic hydroxyl groups excluding tert-OH is 1. The van der Waals surface area contributed by atoms with Gasteiger partial charge in [-0.15, -0.1) is 0 Å². The third-order valence-corrected chi connectivity index (χ3v) is 13.8. The van der Waals surface area contributed by atoms with Gasteiger partial charge in [-0.1, -0.05) is 13.0 Å². The van der Waals surface area contributed by atoms with Crippen molar-refractivity contribution in [2.24, 2.45) is 28.6 Å². The van der Waals surface area contributed by atoms with E-state index in [0.717, 1.165) is 7.11 Å². The molecule has 3 N–H and O–H groups in total. The molecule has 7 fully saturated rings. The number of esters is 4. The van der Waals surface area contributed by atoms with E-state index in [1.807, 2.05) is 0 Å². The summed E-state index contributed by atoms with van der Waals surface area (Å²) >= 11 is 0. The average molecular weight is 721 g/mol. The fraction of sp³-hybridized carbons (Fsp3) is 0.771. The number of epoxide rings is 1. The first-order valence-electron chi connectivity index (χ1n) is 17.2. The zero-order valence-electron chi connectivity index (χ0n) is 29.4. The molecule has 8 aliphatic rings. The molecule has 0 radical (unpaired) electrons. The minimum Gasteiger partial charge on any atom is -0.469 e. The third-order valence-electron chi connectivity index (χ3n) is 13.8. The van der Waals surface area contributed by atoms with Gasteiger partial charge in [0.05, 0.1) is 44.9 Å². The molecule has 5 heterocycles. The lowest BCUT2D eigenvalue weighted by atomic mass is 9.39. The quantitative estimate of drug-likeness (QED) is 0.142. The number of methoxy groups -OCH3 is 1. The Morgan fingerprint density at radius 3 is 2.35 bits per heavy atom. The van der Waals surface area contributed by atoms with E-state index in [4.69, 9.17) is 42.6 Å². The van der Waals surface area contributed by atoms with E-state index in [2.05, 4.69) is 0 Å². The third kappa shape index (κ3) is 3.79. The number of fused-ring (bicyclic) bond motifs is 7. The molecular weight excluding hydrogens is 676 g/mol. The van der Waals surface area contributed by atoms with E-state index in [-0.39, 0.29) is 25.0 Å². The van der Waals surface area contributed by atoms with Gasteiger partial charge in [0.25, 0.3) is 5.79 Å². The molecule has 3 saturated carbocycles. The van der Waals surface area contributed by atoms with Gasteiger partial charge in [-0.25, -0.2) is 9.59 Å². The molecule has 16 atom stereocenters. The highest BCUT2D eigenvalue weighted by Gasteiger charge is 2.97. The fourth-order valence-electron chi connectivity index (χ4n) is 12.0. The monoisotopic (exact) mass is 720 g/mol. The largest absolute Gasteiger partial charge is 0.469 e. The van der Waals surface area contributed by atoms with Gasteiger partial charge in [-0.2, -0.15) is 0 Å². The number of allylic oxidation sites excluding steroid dienone is 1. The van der Waals surface area contributed by atoms with Crippen molar-refractivity contribution < 1.29 is 77.1 Å². The van der Waals surface area contributed by atoms with Gasteiger partial charge in [-0.05, 0) is 33.3 Å². The number of ether oxygens (including phenoxy) is 9. The van der Waals surface area contributed by atoms with Crippen LogP contribution in [0.4, 0.5) is 0 Å². The van der Waals surface area contributed by atoms with Gasteiger partial charge in [-0.3, -0.25) is 9.59 Å². The van der Waals surface area contributed by atoms with E-state index in [1.165, 1.54) is 26.2 Å². The molecule has 0 aromatic rings. The molecule has 51 heavy (non-hydrogen) atoms. The Morgan fingerprint density at radius 1 is 0.980 bits per heavy atom. The Bertz CT molecular complexity index is 1660. The Kier molecular flexibility index (Phi) is 7.20.